The van der Waals surface area contributed by atoms with Crippen LogP contribution >= 0.6 is 11.6 Å². The Morgan fingerprint density at radius 1 is 1.17 bits per heavy atom. The predicted octanol–water partition coefficient (Wildman–Crippen LogP) is 2.87. The average Bonchev–Trinajstić information content (AvgIpc) is 2.74. The van der Waals surface area contributed by atoms with Gasteiger partial charge in [-0.15, -0.1) is 0 Å². The lowest BCUT2D eigenvalue weighted by atomic mass is 10.1. The molecule has 0 radical (unpaired) electrons. The van der Waals surface area contributed by atoms with Crippen molar-refractivity contribution in [2.45, 2.75) is 0 Å². The van der Waals surface area contributed by atoms with E-state index in [0.29, 0.717) is 28.3 Å². The molecule has 0 fully saturated rings. The molecule has 0 bridgehead atoms. The monoisotopic (exact) mass is 412 g/mol. The average molecular weight is 413 g/mol. The van der Waals surface area contributed by atoms with Crippen molar-refractivity contribution >= 4 is 23.7 Å². The summed E-state index contributed by atoms with van der Waals surface area (Å²) in [5.41, 5.74) is 3.35. The summed E-state index contributed by atoms with van der Waals surface area (Å²) in [6.07, 6.45) is 1.36. The summed E-state index contributed by atoms with van der Waals surface area (Å²) in [6, 6.07) is 13.9. The van der Waals surface area contributed by atoms with Crippen molar-refractivity contribution in [1.29, 1.82) is 0 Å². The van der Waals surface area contributed by atoms with Crippen LogP contribution in [0.15, 0.2) is 58.4 Å². The fraction of sp³-hybridized carbons (Fsp3) is 0.100. The molecule has 1 amide bonds. The van der Waals surface area contributed by atoms with Gasteiger partial charge < -0.3 is 14.5 Å². The second-order valence-corrected chi connectivity index (χ2v) is 6.13. The number of hydrazone groups is 1. The van der Waals surface area contributed by atoms with E-state index in [1.54, 1.807) is 24.3 Å². The van der Waals surface area contributed by atoms with Crippen LogP contribution in [0.3, 0.4) is 0 Å². The first-order valence-corrected chi connectivity index (χ1v) is 8.82. The fourth-order valence-corrected chi connectivity index (χ4v) is 2.84. The van der Waals surface area contributed by atoms with E-state index in [-0.39, 0.29) is 10.7 Å². The summed E-state index contributed by atoms with van der Waals surface area (Å²) >= 11 is 6.27. The molecule has 1 aromatic heterocycles. The Labute approximate surface area is 171 Å². The highest BCUT2D eigenvalue weighted by Crippen LogP contribution is 2.36. The van der Waals surface area contributed by atoms with Crippen molar-refractivity contribution in [2.75, 3.05) is 14.2 Å². The summed E-state index contributed by atoms with van der Waals surface area (Å²) in [5.74, 6) is 0.228. The minimum Gasteiger partial charge on any atom is -0.493 e. The number of methoxy groups -OCH3 is 2. The third-order valence-corrected chi connectivity index (χ3v) is 4.33. The van der Waals surface area contributed by atoms with Crippen molar-refractivity contribution < 1.29 is 14.3 Å². The topological polar surface area (TPSA) is 106 Å². The molecule has 8 nitrogen and oxygen atoms in total. The number of ether oxygens (including phenoxy) is 2. The number of benzene rings is 2. The van der Waals surface area contributed by atoms with Crippen LogP contribution in [-0.4, -0.2) is 36.3 Å². The summed E-state index contributed by atoms with van der Waals surface area (Å²) in [6.45, 7) is 0. The molecular formula is C20H17ClN4O4. The lowest BCUT2D eigenvalue weighted by Crippen LogP contribution is -2.24. The zero-order valence-corrected chi connectivity index (χ0v) is 16.4. The molecular weight excluding hydrogens is 396 g/mol. The first kappa shape index (κ1) is 20.1. The zero-order chi connectivity index (χ0) is 20.8. The van der Waals surface area contributed by atoms with E-state index < -0.39 is 11.6 Å². The molecule has 29 heavy (non-hydrogen) atoms. The van der Waals surface area contributed by atoms with Crippen LogP contribution in [0.1, 0.15) is 16.1 Å². The number of aromatic nitrogens is 2. The molecule has 2 aromatic carbocycles. The standard InChI is InChI=1S/C20H17ClN4O4/c1-28-16-9-8-13(17(21)18(16)29-2)11-22-25-19(26)15-10-14(23-20(27)24-15)12-6-4-3-5-7-12/h3-11H,1-2H3,(H,25,26)(H,23,24,27)/b22-11+. The minimum atomic E-state index is -0.636. The molecule has 0 spiro atoms. The van der Waals surface area contributed by atoms with Crippen LogP contribution in [0.4, 0.5) is 0 Å². The van der Waals surface area contributed by atoms with Gasteiger partial charge in [0.1, 0.15) is 5.69 Å². The smallest absolute Gasteiger partial charge is 0.346 e. The van der Waals surface area contributed by atoms with Gasteiger partial charge in [0.05, 0.1) is 31.2 Å². The van der Waals surface area contributed by atoms with Crippen molar-refractivity contribution in [3.63, 3.8) is 0 Å². The maximum Gasteiger partial charge on any atom is 0.346 e. The number of hydrogen-bond donors (Lipinski definition) is 2. The van der Waals surface area contributed by atoms with Crippen LogP contribution in [0, 0.1) is 0 Å². The van der Waals surface area contributed by atoms with E-state index in [4.69, 9.17) is 21.1 Å². The quantitative estimate of drug-likeness (QED) is 0.478. The maximum atomic E-state index is 12.4. The fourth-order valence-electron chi connectivity index (χ4n) is 2.56. The molecule has 1 heterocycles. The Morgan fingerprint density at radius 3 is 2.62 bits per heavy atom. The highest BCUT2D eigenvalue weighted by molar-refractivity contribution is 6.34. The third-order valence-electron chi connectivity index (χ3n) is 3.94. The van der Waals surface area contributed by atoms with Gasteiger partial charge >= 0.3 is 5.69 Å². The molecule has 0 aliphatic rings. The number of halogens is 1. The molecule has 0 aliphatic carbocycles. The molecule has 3 aromatic rings. The van der Waals surface area contributed by atoms with Crippen LogP contribution < -0.4 is 20.6 Å². The second-order valence-electron chi connectivity index (χ2n) is 5.75. The van der Waals surface area contributed by atoms with Gasteiger partial charge in [0.25, 0.3) is 5.91 Å². The highest BCUT2D eigenvalue weighted by Gasteiger charge is 2.13. The van der Waals surface area contributed by atoms with E-state index in [9.17, 15) is 9.59 Å². The Kier molecular flexibility index (Phi) is 6.25. The number of nitrogens with zero attached hydrogens (tertiary/aromatic N) is 2. The second kappa shape index (κ2) is 9.03. The summed E-state index contributed by atoms with van der Waals surface area (Å²) in [4.78, 5) is 30.5. The van der Waals surface area contributed by atoms with Gasteiger partial charge in [0, 0.05) is 11.1 Å². The molecule has 0 atom stereocenters. The van der Waals surface area contributed by atoms with Crippen LogP contribution in [-0.2, 0) is 0 Å². The molecule has 0 aliphatic heterocycles. The SMILES string of the molecule is COc1ccc(/C=N/NC(=O)c2cc(-c3ccccc3)nc(=O)[nH]2)c(Cl)c1OC. The summed E-state index contributed by atoms with van der Waals surface area (Å²) in [5, 5.41) is 4.18. The van der Waals surface area contributed by atoms with Crippen molar-refractivity contribution in [2.24, 2.45) is 5.10 Å². The van der Waals surface area contributed by atoms with E-state index in [1.165, 1.54) is 26.5 Å². The Bertz CT molecular complexity index is 1110. The molecule has 0 unspecified atom stereocenters. The van der Waals surface area contributed by atoms with Gasteiger partial charge in [0.15, 0.2) is 11.5 Å². The van der Waals surface area contributed by atoms with Gasteiger partial charge in [-0.05, 0) is 18.2 Å². The number of nitrogens with one attached hydrogen (secondary N) is 2. The predicted molar refractivity (Wildman–Crippen MR) is 110 cm³/mol. The van der Waals surface area contributed by atoms with Crippen molar-refractivity contribution in [3.8, 4) is 22.8 Å². The first-order chi connectivity index (χ1) is 14.0. The zero-order valence-electron chi connectivity index (χ0n) is 15.6. The van der Waals surface area contributed by atoms with E-state index >= 15 is 0 Å². The van der Waals surface area contributed by atoms with Gasteiger partial charge in [-0.3, -0.25) is 4.79 Å². The Balaban J connectivity index is 1.80. The highest BCUT2D eigenvalue weighted by atomic mass is 35.5. The lowest BCUT2D eigenvalue weighted by Gasteiger charge is -2.10. The summed E-state index contributed by atoms with van der Waals surface area (Å²) in [7, 11) is 2.97. The van der Waals surface area contributed by atoms with Gasteiger partial charge in [-0.2, -0.15) is 10.1 Å². The van der Waals surface area contributed by atoms with Crippen LogP contribution in [0.25, 0.3) is 11.3 Å². The molecule has 0 saturated carbocycles. The van der Waals surface area contributed by atoms with E-state index in [2.05, 4.69) is 20.5 Å². The van der Waals surface area contributed by atoms with Gasteiger partial charge in [-0.1, -0.05) is 41.9 Å². The number of H-pyrrole nitrogens is 1. The van der Waals surface area contributed by atoms with Gasteiger partial charge in [-0.25, -0.2) is 10.2 Å². The molecule has 148 valence electrons. The van der Waals surface area contributed by atoms with Crippen LogP contribution in [0.5, 0.6) is 11.5 Å². The molecule has 3 rings (SSSR count). The van der Waals surface area contributed by atoms with E-state index in [1.807, 2.05) is 18.2 Å². The number of carbonyl (C=O) groups excluding carboxylic acids is 1. The first-order valence-electron chi connectivity index (χ1n) is 8.44. The number of hydrogen-bond acceptors (Lipinski definition) is 6. The molecule has 2 N–H and O–H groups in total. The Hall–Kier alpha value is -3.65. The minimum absolute atomic E-state index is 0.0272. The Morgan fingerprint density at radius 2 is 1.93 bits per heavy atom. The van der Waals surface area contributed by atoms with Crippen molar-refractivity contribution in [3.05, 3.63) is 75.3 Å². The lowest BCUT2D eigenvalue weighted by molar-refractivity contribution is 0.0949. The molecule has 0 saturated heterocycles. The normalized spacial score (nSPS) is 10.7. The molecule has 9 heteroatoms. The number of rotatable bonds is 6. The van der Waals surface area contributed by atoms with Gasteiger partial charge in [0.2, 0.25) is 0 Å². The third kappa shape index (κ3) is 4.61. The van der Waals surface area contributed by atoms with Crippen LogP contribution in [0.2, 0.25) is 5.02 Å². The number of carbonyl (C=O) groups is 1. The van der Waals surface area contributed by atoms with E-state index in [0.717, 1.165) is 0 Å². The number of amides is 1. The maximum absolute atomic E-state index is 12.4. The van der Waals surface area contributed by atoms with Crippen molar-refractivity contribution in [1.82, 2.24) is 15.4 Å². The largest absolute Gasteiger partial charge is 0.493 e. The summed E-state index contributed by atoms with van der Waals surface area (Å²) < 4.78 is 10.4. The number of aromatic amines is 1.